The second kappa shape index (κ2) is 10.3. The number of benzene rings is 2. The average Bonchev–Trinajstić information content (AvgIpc) is 2.64. The van der Waals surface area contributed by atoms with Crippen LogP contribution in [0.15, 0.2) is 54.6 Å². The van der Waals surface area contributed by atoms with Crippen molar-refractivity contribution in [3.8, 4) is 11.5 Å². The molecule has 6 nitrogen and oxygen atoms in total. The molecule has 0 saturated heterocycles. The first-order valence-electron chi connectivity index (χ1n) is 9.38. The van der Waals surface area contributed by atoms with Crippen molar-refractivity contribution in [3.63, 3.8) is 0 Å². The van der Waals surface area contributed by atoms with Gasteiger partial charge in [0.1, 0.15) is 17.1 Å². The lowest BCUT2D eigenvalue weighted by Gasteiger charge is -2.19. The molecule has 2 rings (SSSR count). The molecule has 0 bridgehead atoms. The van der Waals surface area contributed by atoms with Gasteiger partial charge in [-0.05, 0) is 45.4 Å². The van der Waals surface area contributed by atoms with E-state index < -0.39 is 11.7 Å². The summed E-state index contributed by atoms with van der Waals surface area (Å²) in [6.45, 7) is 6.18. The highest BCUT2D eigenvalue weighted by atomic mass is 16.6. The minimum absolute atomic E-state index is 0.0829. The molecule has 2 aromatic carbocycles. The molecule has 0 aliphatic carbocycles. The Morgan fingerprint density at radius 1 is 0.929 bits per heavy atom. The lowest BCUT2D eigenvalue weighted by molar-refractivity contribution is -0.121. The monoisotopic (exact) mass is 384 g/mol. The van der Waals surface area contributed by atoms with Gasteiger partial charge in [-0.25, -0.2) is 4.79 Å². The van der Waals surface area contributed by atoms with Crippen LogP contribution in [0.25, 0.3) is 0 Å². The van der Waals surface area contributed by atoms with Gasteiger partial charge in [-0.2, -0.15) is 0 Å². The van der Waals surface area contributed by atoms with Crippen molar-refractivity contribution in [3.05, 3.63) is 60.2 Å². The third-order valence-electron chi connectivity index (χ3n) is 3.67. The molecule has 0 unspecified atom stereocenters. The van der Waals surface area contributed by atoms with Crippen molar-refractivity contribution in [2.45, 2.75) is 45.8 Å². The summed E-state index contributed by atoms with van der Waals surface area (Å²) >= 11 is 0. The van der Waals surface area contributed by atoms with Gasteiger partial charge < -0.3 is 20.1 Å². The van der Waals surface area contributed by atoms with Crippen LogP contribution in [0, 0.1) is 0 Å². The topological polar surface area (TPSA) is 76.7 Å². The highest BCUT2D eigenvalue weighted by molar-refractivity contribution is 5.76. The van der Waals surface area contributed by atoms with Crippen LogP contribution in [0.1, 0.15) is 39.2 Å². The summed E-state index contributed by atoms with van der Waals surface area (Å²) in [6.07, 6.45) is 0.380. The summed E-state index contributed by atoms with van der Waals surface area (Å²) in [7, 11) is 0. The molecule has 0 saturated carbocycles. The minimum Gasteiger partial charge on any atom is -0.457 e. The molecule has 0 aliphatic rings. The molecule has 0 atom stereocenters. The molecule has 2 amide bonds. The highest BCUT2D eigenvalue weighted by Crippen LogP contribution is 2.24. The number of nitrogens with one attached hydrogen (secondary N) is 2. The van der Waals surface area contributed by atoms with Crippen LogP contribution in [-0.4, -0.2) is 24.1 Å². The summed E-state index contributed by atoms with van der Waals surface area (Å²) in [5.41, 5.74) is 0.364. The molecular weight excluding hydrogens is 356 g/mol. The number of amides is 2. The highest BCUT2D eigenvalue weighted by Gasteiger charge is 2.15. The maximum Gasteiger partial charge on any atom is 0.407 e. The van der Waals surface area contributed by atoms with Gasteiger partial charge in [0.15, 0.2) is 0 Å². The predicted octanol–water partition coefficient (Wildman–Crippen LogP) is 4.40. The first-order chi connectivity index (χ1) is 13.3. The van der Waals surface area contributed by atoms with E-state index >= 15 is 0 Å². The van der Waals surface area contributed by atoms with E-state index in [1.807, 2.05) is 54.6 Å². The number of carbonyl (C=O) groups excluding carboxylic acids is 2. The Morgan fingerprint density at radius 3 is 2.32 bits per heavy atom. The van der Waals surface area contributed by atoms with E-state index in [0.717, 1.165) is 11.3 Å². The van der Waals surface area contributed by atoms with Crippen LogP contribution in [-0.2, 0) is 16.1 Å². The largest absolute Gasteiger partial charge is 0.457 e. The Balaban J connectivity index is 1.74. The Hall–Kier alpha value is -3.02. The molecule has 0 spiro atoms. The van der Waals surface area contributed by atoms with Gasteiger partial charge in [0.2, 0.25) is 5.91 Å². The molecule has 150 valence electrons. The zero-order valence-electron chi connectivity index (χ0n) is 16.7. The van der Waals surface area contributed by atoms with Gasteiger partial charge in [-0.1, -0.05) is 36.4 Å². The summed E-state index contributed by atoms with van der Waals surface area (Å²) < 4.78 is 11.0. The van der Waals surface area contributed by atoms with Crippen molar-refractivity contribution in [2.75, 3.05) is 6.54 Å². The second-order valence-electron chi connectivity index (χ2n) is 7.33. The molecule has 28 heavy (non-hydrogen) atoms. The summed E-state index contributed by atoms with van der Waals surface area (Å²) in [4.78, 5) is 23.6. The third kappa shape index (κ3) is 8.12. The number of rotatable bonds is 8. The maximum absolute atomic E-state index is 12.1. The van der Waals surface area contributed by atoms with Crippen molar-refractivity contribution in [2.24, 2.45) is 0 Å². The van der Waals surface area contributed by atoms with Crippen molar-refractivity contribution in [1.82, 2.24) is 10.6 Å². The van der Waals surface area contributed by atoms with Gasteiger partial charge in [0.05, 0.1) is 0 Å². The first kappa shape index (κ1) is 21.3. The number of carbonyl (C=O) groups is 2. The lowest BCUT2D eigenvalue weighted by Crippen LogP contribution is -2.33. The molecule has 0 radical (unpaired) electrons. The van der Waals surface area contributed by atoms with Gasteiger partial charge in [-0.3, -0.25) is 4.79 Å². The van der Waals surface area contributed by atoms with E-state index in [9.17, 15) is 9.59 Å². The third-order valence-corrected chi connectivity index (χ3v) is 3.67. The molecule has 0 fully saturated rings. The number of hydrogen-bond donors (Lipinski definition) is 2. The molecule has 2 N–H and O–H groups in total. The zero-order valence-corrected chi connectivity index (χ0v) is 16.7. The SMILES string of the molecule is CC(C)(C)OC(=O)NCCCC(=O)NCc1ccccc1Oc1ccccc1. The quantitative estimate of drug-likeness (QED) is 0.662. The Kier molecular flexibility index (Phi) is 7.87. The Bertz CT molecular complexity index is 770. The fourth-order valence-electron chi connectivity index (χ4n) is 2.40. The zero-order chi connectivity index (χ0) is 20.4. The fraction of sp³-hybridized carbons (Fsp3) is 0.364. The Labute approximate surface area is 166 Å². The summed E-state index contributed by atoms with van der Waals surface area (Å²) in [5, 5.41) is 5.53. The van der Waals surface area contributed by atoms with Gasteiger partial charge in [0, 0.05) is 25.1 Å². The normalized spacial score (nSPS) is 10.8. The molecule has 6 heteroatoms. The van der Waals surface area contributed by atoms with Crippen molar-refractivity contribution >= 4 is 12.0 Å². The average molecular weight is 384 g/mol. The number of hydrogen-bond acceptors (Lipinski definition) is 4. The van der Waals surface area contributed by atoms with Gasteiger partial charge >= 0.3 is 6.09 Å². The molecule has 0 heterocycles. The lowest BCUT2D eigenvalue weighted by atomic mass is 10.2. The summed E-state index contributed by atoms with van der Waals surface area (Å²) in [6, 6.07) is 17.1. The van der Waals surface area contributed by atoms with Crippen LogP contribution in [0.4, 0.5) is 4.79 Å². The standard InChI is InChI=1S/C22H28N2O4/c1-22(2,3)28-21(26)23-15-9-14-20(25)24-16-17-10-7-8-13-19(17)27-18-11-5-4-6-12-18/h4-8,10-13H,9,14-16H2,1-3H3,(H,23,26)(H,24,25). The van der Waals surface area contributed by atoms with Crippen LogP contribution in [0.2, 0.25) is 0 Å². The fourth-order valence-corrected chi connectivity index (χ4v) is 2.40. The minimum atomic E-state index is -0.531. The molecule has 0 aliphatic heterocycles. The van der Waals surface area contributed by atoms with Crippen molar-refractivity contribution < 1.29 is 19.1 Å². The molecule has 2 aromatic rings. The van der Waals surface area contributed by atoms with E-state index in [0.29, 0.717) is 31.7 Å². The number of ether oxygens (including phenoxy) is 2. The number of alkyl carbamates (subject to hydrolysis) is 1. The van der Waals surface area contributed by atoms with E-state index in [1.54, 1.807) is 20.8 Å². The van der Waals surface area contributed by atoms with Crippen LogP contribution in [0.3, 0.4) is 0 Å². The second-order valence-corrected chi connectivity index (χ2v) is 7.33. The van der Waals surface area contributed by atoms with Crippen molar-refractivity contribution in [1.29, 1.82) is 0 Å². The van der Waals surface area contributed by atoms with E-state index in [2.05, 4.69) is 10.6 Å². The Morgan fingerprint density at radius 2 is 1.61 bits per heavy atom. The first-order valence-corrected chi connectivity index (χ1v) is 9.38. The van der Waals surface area contributed by atoms with Gasteiger partial charge in [0.25, 0.3) is 0 Å². The van der Waals surface area contributed by atoms with Crippen LogP contribution in [0.5, 0.6) is 11.5 Å². The smallest absolute Gasteiger partial charge is 0.407 e. The number of para-hydroxylation sites is 2. The van der Waals surface area contributed by atoms with E-state index in [-0.39, 0.29) is 5.91 Å². The predicted molar refractivity (Wildman–Crippen MR) is 108 cm³/mol. The van der Waals surface area contributed by atoms with Crippen LogP contribution >= 0.6 is 0 Å². The summed E-state index contributed by atoms with van der Waals surface area (Å²) in [5.74, 6) is 1.37. The molecule has 0 aromatic heterocycles. The van der Waals surface area contributed by atoms with E-state index in [1.165, 1.54) is 0 Å². The van der Waals surface area contributed by atoms with Crippen LogP contribution < -0.4 is 15.4 Å². The maximum atomic E-state index is 12.1. The van der Waals surface area contributed by atoms with Gasteiger partial charge in [-0.15, -0.1) is 0 Å². The van der Waals surface area contributed by atoms with E-state index in [4.69, 9.17) is 9.47 Å². The molecular formula is C22H28N2O4.